The van der Waals surface area contributed by atoms with Gasteiger partial charge >= 0.3 is 6.09 Å². The molecule has 168 valence electrons. The Labute approximate surface area is 184 Å². The Hall–Kier alpha value is -2.61. The van der Waals surface area contributed by atoms with Gasteiger partial charge in [0.1, 0.15) is 5.60 Å². The quantitative estimate of drug-likeness (QED) is 0.697. The number of nitrogens with zero attached hydrogens (tertiary/aromatic N) is 3. The number of sulfone groups is 1. The summed E-state index contributed by atoms with van der Waals surface area (Å²) in [6, 6.07) is 6.90. The molecule has 7 nitrogen and oxygen atoms in total. The first-order valence-electron chi connectivity index (χ1n) is 10.5. The first-order valence-corrected chi connectivity index (χ1v) is 12.4. The van der Waals surface area contributed by atoms with Gasteiger partial charge in [0.05, 0.1) is 17.1 Å². The molecular formula is C23H31N3O4S. The van der Waals surface area contributed by atoms with Gasteiger partial charge in [-0.2, -0.15) is 5.10 Å². The summed E-state index contributed by atoms with van der Waals surface area (Å²) < 4.78 is 30.6. The Morgan fingerprint density at radius 3 is 2.39 bits per heavy atom. The van der Waals surface area contributed by atoms with E-state index in [4.69, 9.17) is 9.84 Å². The predicted molar refractivity (Wildman–Crippen MR) is 121 cm³/mol. The second-order valence-electron chi connectivity index (χ2n) is 8.86. The number of aryl methyl sites for hydroxylation is 1. The van der Waals surface area contributed by atoms with Gasteiger partial charge in [0.2, 0.25) is 0 Å². The number of carbonyl (C=O) groups is 1. The van der Waals surface area contributed by atoms with E-state index in [9.17, 15) is 13.2 Å². The number of amides is 1. The Kier molecular flexibility index (Phi) is 6.59. The average molecular weight is 446 g/mol. The summed E-state index contributed by atoms with van der Waals surface area (Å²) in [5.74, 6) is 0. The van der Waals surface area contributed by atoms with E-state index < -0.39 is 15.4 Å². The Bertz CT molecular complexity index is 1080. The highest BCUT2D eigenvalue weighted by molar-refractivity contribution is 7.90. The third-order valence-electron chi connectivity index (χ3n) is 5.08. The molecule has 1 aromatic heterocycles. The number of carbonyl (C=O) groups excluding carboxylic acids is 1. The van der Waals surface area contributed by atoms with Crippen molar-refractivity contribution in [1.29, 1.82) is 0 Å². The number of aromatic nitrogens is 2. The zero-order chi connectivity index (χ0) is 22.8. The van der Waals surface area contributed by atoms with Crippen LogP contribution in [0.3, 0.4) is 0 Å². The molecule has 1 aliphatic heterocycles. The van der Waals surface area contributed by atoms with Gasteiger partial charge in [0.25, 0.3) is 0 Å². The number of hydrogen-bond donors (Lipinski definition) is 0. The maximum Gasteiger partial charge on any atom is 0.410 e. The summed E-state index contributed by atoms with van der Waals surface area (Å²) in [5.41, 5.74) is 3.80. The van der Waals surface area contributed by atoms with Crippen molar-refractivity contribution in [1.82, 2.24) is 14.7 Å². The predicted octanol–water partition coefficient (Wildman–Crippen LogP) is 3.92. The summed E-state index contributed by atoms with van der Waals surface area (Å²) in [5, 5.41) is 4.73. The van der Waals surface area contributed by atoms with E-state index >= 15 is 0 Å². The van der Waals surface area contributed by atoms with Gasteiger partial charge in [-0.1, -0.05) is 25.1 Å². The number of hydrogen-bond acceptors (Lipinski definition) is 5. The first kappa shape index (κ1) is 23.1. The fourth-order valence-corrected chi connectivity index (χ4v) is 4.14. The van der Waals surface area contributed by atoms with E-state index in [0.717, 1.165) is 29.7 Å². The van der Waals surface area contributed by atoms with Crippen molar-refractivity contribution < 1.29 is 17.9 Å². The summed E-state index contributed by atoms with van der Waals surface area (Å²) >= 11 is 0. The monoisotopic (exact) mass is 445 g/mol. The highest BCUT2D eigenvalue weighted by Crippen LogP contribution is 2.26. The lowest BCUT2D eigenvalue weighted by Gasteiger charge is -2.29. The van der Waals surface area contributed by atoms with Crippen LogP contribution in [0.1, 0.15) is 50.9 Å². The second kappa shape index (κ2) is 8.86. The maximum atomic E-state index is 12.3. The molecule has 31 heavy (non-hydrogen) atoms. The van der Waals surface area contributed by atoms with E-state index in [1.165, 1.54) is 11.8 Å². The molecule has 8 heteroatoms. The van der Waals surface area contributed by atoms with Crippen LogP contribution in [-0.4, -0.2) is 54.1 Å². The van der Waals surface area contributed by atoms with Crippen molar-refractivity contribution in [2.75, 3.05) is 19.3 Å². The Balaban J connectivity index is 1.73. The SMILES string of the molecule is CCc1nn(Cc2ccc(S(C)(=O)=O)cc2)cc1C1=CCN(C(=O)OC(C)(C)C)CC1. The highest BCUT2D eigenvalue weighted by Gasteiger charge is 2.25. The van der Waals surface area contributed by atoms with Crippen LogP contribution in [0.25, 0.3) is 5.57 Å². The van der Waals surface area contributed by atoms with E-state index in [1.54, 1.807) is 17.0 Å². The lowest BCUT2D eigenvalue weighted by Crippen LogP contribution is -2.39. The standard InChI is InChI=1S/C23H31N3O4S/c1-6-21-20(18-11-13-25(14-12-18)22(27)30-23(2,3)4)16-26(24-21)15-17-7-9-19(10-8-17)31(5,28)29/h7-11,16H,6,12-15H2,1-5H3. The number of ether oxygens (including phenoxy) is 1. The van der Waals surface area contributed by atoms with Crippen molar-refractivity contribution in [3.63, 3.8) is 0 Å². The van der Waals surface area contributed by atoms with E-state index in [1.807, 2.05) is 43.8 Å². The molecule has 0 unspecified atom stereocenters. The van der Waals surface area contributed by atoms with Crippen LogP contribution in [0, 0.1) is 0 Å². The van der Waals surface area contributed by atoms with Gasteiger partial charge in [-0.15, -0.1) is 0 Å². The minimum Gasteiger partial charge on any atom is -0.444 e. The Morgan fingerprint density at radius 2 is 1.87 bits per heavy atom. The van der Waals surface area contributed by atoms with E-state index in [-0.39, 0.29) is 6.09 Å². The van der Waals surface area contributed by atoms with Crippen LogP contribution in [0.4, 0.5) is 4.79 Å². The molecule has 0 fully saturated rings. The molecule has 3 rings (SSSR count). The molecule has 0 aliphatic carbocycles. The zero-order valence-corrected chi connectivity index (χ0v) is 19.7. The molecule has 1 amide bonds. The van der Waals surface area contributed by atoms with Gasteiger partial charge in [0, 0.05) is 31.1 Å². The topological polar surface area (TPSA) is 81.5 Å². The summed E-state index contributed by atoms with van der Waals surface area (Å²) in [7, 11) is -3.20. The number of rotatable bonds is 5. The molecule has 2 aromatic rings. The van der Waals surface area contributed by atoms with Crippen LogP contribution in [0.15, 0.2) is 41.4 Å². The third-order valence-corrected chi connectivity index (χ3v) is 6.20. The van der Waals surface area contributed by atoms with Gasteiger partial charge in [0.15, 0.2) is 9.84 Å². The van der Waals surface area contributed by atoms with Crippen molar-refractivity contribution in [3.05, 3.63) is 53.4 Å². The van der Waals surface area contributed by atoms with E-state index in [0.29, 0.717) is 24.5 Å². The molecule has 1 aliphatic rings. The van der Waals surface area contributed by atoms with Gasteiger partial charge in [-0.25, -0.2) is 13.2 Å². The van der Waals surface area contributed by atoms with Crippen LogP contribution >= 0.6 is 0 Å². The maximum absolute atomic E-state index is 12.3. The molecule has 2 heterocycles. The largest absolute Gasteiger partial charge is 0.444 e. The smallest absolute Gasteiger partial charge is 0.410 e. The molecule has 0 N–H and O–H groups in total. The van der Waals surface area contributed by atoms with E-state index in [2.05, 4.69) is 13.0 Å². The summed E-state index contributed by atoms with van der Waals surface area (Å²) in [6.07, 6.45) is 6.60. The van der Waals surface area contributed by atoms with Crippen LogP contribution < -0.4 is 0 Å². The molecule has 0 bridgehead atoms. The van der Waals surface area contributed by atoms with Crippen LogP contribution in [-0.2, 0) is 27.5 Å². The van der Waals surface area contributed by atoms with Crippen LogP contribution in [0.5, 0.6) is 0 Å². The van der Waals surface area contributed by atoms with Crippen molar-refractivity contribution in [2.24, 2.45) is 0 Å². The number of benzene rings is 1. The molecule has 0 spiro atoms. The summed E-state index contributed by atoms with van der Waals surface area (Å²) in [6.45, 7) is 9.38. The van der Waals surface area contributed by atoms with Gasteiger partial charge < -0.3 is 9.64 Å². The lowest BCUT2D eigenvalue weighted by atomic mass is 9.99. The molecule has 1 aromatic carbocycles. The molecule has 0 saturated heterocycles. The fourth-order valence-electron chi connectivity index (χ4n) is 3.51. The average Bonchev–Trinajstić information content (AvgIpc) is 3.09. The second-order valence-corrected chi connectivity index (χ2v) is 10.9. The molecule has 0 atom stereocenters. The molecule has 0 saturated carbocycles. The Morgan fingerprint density at radius 1 is 1.19 bits per heavy atom. The normalized spacial score (nSPS) is 15.0. The molecular weight excluding hydrogens is 414 g/mol. The minimum absolute atomic E-state index is 0.285. The zero-order valence-electron chi connectivity index (χ0n) is 18.9. The van der Waals surface area contributed by atoms with Crippen LogP contribution in [0.2, 0.25) is 0 Å². The van der Waals surface area contributed by atoms with Gasteiger partial charge in [-0.3, -0.25) is 4.68 Å². The van der Waals surface area contributed by atoms with Gasteiger partial charge in [-0.05, 0) is 56.9 Å². The minimum atomic E-state index is -3.20. The summed E-state index contributed by atoms with van der Waals surface area (Å²) in [4.78, 5) is 14.3. The van der Waals surface area contributed by atoms with Crippen molar-refractivity contribution in [3.8, 4) is 0 Å². The van der Waals surface area contributed by atoms with Crippen molar-refractivity contribution >= 4 is 21.5 Å². The highest BCUT2D eigenvalue weighted by atomic mass is 32.2. The fraction of sp³-hybridized carbons (Fsp3) is 0.478. The lowest BCUT2D eigenvalue weighted by molar-refractivity contribution is 0.0270. The third kappa shape index (κ3) is 5.97. The first-order chi connectivity index (χ1) is 14.5. The van der Waals surface area contributed by atoms with Crippen molar-refractivity contribution in [2.45, 2.75) is 57.6 Å². The molecule has 0 radical (unpaired) electrons.